The average Bonchev–Trinajstić information content (AvgIpc) is 2.55. The fraction of sp³-hybridized carbons (Fsp3) is 0.571. The molecule has 0 N–H and O–H groups in total. The molecule has 2 saturated heterocycles. The molecule has 0 aromatic heterocycles. The predicted molar refractivity (Wildman–Crippen MR) is 67.8 cm³/mol. The summed E-state index contributed by atoms with van der Waals surface area (Å²) in [5.74, 6) is -0.151. The van der Waals surface area contributed by atoms with Gasteiger partial charge in [0.15, 0.2) is 0 Å². The van der Waals surface area contributed by atoms with Gasteiger partial charge >= 0.3 is 0 Å². The molecule has 3 rings (SSSR count). The highest BCUT2D eigenvalue weighted by molar-refractivity contribution is 5.46. The smallest absolute Gasteiger partial charge is 0.123 e. The molecule has 0 saturated carbocycles. The monoisotopic (exact) mass is 234 g/mol. The molecular formula is C14H19FN2. The molecule has 92 valence electrons. The summed E-state index contributed by atoms with van der Waals surface area (Å²) >= 11 is 0. The Kier molecular flexibility index (Phi) is 2.79. The van der Waals surface area contributed by atoms with Gasteiger partial charge in [-0.2, -0.15) is 0 Å². The van der Waals surface area contributed by atoms with Gasteiger partial charge in [0, 0.05) is 30.9 Å². The molecule has 1 aromatic carbocycles. The summed E-state index contributed by atoms with van der Waals surface area (Å²) in [6.45, 7) is 2.18. The third-order valence-corrected chi connectivity index (χ3v) is 4.34. The summed E-state index contributed by atoms with van der Waals surface area (Å²) in [6, 6.07) is 8.34. The van der Waals surface area contributed by atoms with Crippen LogP contribution in [0, 0.1) is 5.82 Å². The van der Waals surface area contributed by atoms with Crippen LogP contribution in [0.2, 0.25) is 0 Å². The van der Waals surface area contributed by atoms with E-state index in [0.29, 0.717) is 6.04 Å². The van der Waals surface area contributed by atoms with Gasteiger partial charge in [-0.05, 0) is 50.6 Å². The molecular weight excluding hydrogens is 215 g/mol. The number of nitrogens with zero attached hydrogens (tertiary/aromatic N) is 2. The molecule has 0 aliphatic carbocycles. The van der Waals surface area contributed by atoms with E-state index in [0.717, 1.165) is 24.8 Å². The molecule has 17 heavy (non-hydrogen) atoms. The van der Waals surface area contributed by atoms with Crippen molar-refractivity contribution >= 4 is 5.69 Å². The highest BCUT2D eigenvalue weighted by Gasteiger charge is 2.34. The van der Waals surface area contributed by atoms with Crippen molar-refractivity contribution in [3.63, 3.8) is 0 Å². The Labute approximate surface area is 102 Å². The number of hydrogen-bond acceptors (Lipinski definition) is 2. The Hall–Kier alpha value is -1.09. The summed E-state index contributed by atoms with van der Waals surface area (Å²) < 4.78 is 12.9. The first kappa shape index (κ1) is 11.0. The first-order valence-electron chi connectivity index (χ1n) is 6.46. The second-order valence-corrected chi connectivity index (χ2v) is 5.26. The lowest BCUT2D eigenvalue weighted by molar-refractivity contribution is 0.254. The SMILES string of the molecule is CN1C2CCC1CN(c1ccc(F)cc1)CC2. The third-order valence-electron chi connectivity index (χ3n) is 4.34. The van der Waals surface area contributed by atoms with Crippen molar-refractivity contribution in [2.75, 3.05) is 25.0 Å². The van der Waals surface area contributed by atoms with Crippen LogP contribution in [0.25, 0.3) is 0 Å². The van der Waals surface area contributed by atoms with E-state index in [4.69, 9.17) is 0 Å². The van der Waals surface area contributed by atoms with E-state index >= 15 is 0 Å². The van der Waals surface area contributed by atoms with Crippen molar-refractivity contribution in [3.05, 3.63) is 30.1 Å². The third kappa shape index (κ3) is 2.04. The van der Waals surface area contributed by atoms with Crippen LogP contribution in [0.5, 0.6) is 0 Å². The Morgan fingerprint density at radius 1 is 1.06 bits per heavy atom. The molecule has 2 aliphatic heterocycles. The van der Waals surface area contributed by atoms with E-state index in [1.54, 1.807) is 12.1 Å². The Balaban J connectivity index is 1.79. The van der Waals surface area contributed by atoms with Gasteiger partial charge < -0.3 is 4.90 Å². The molecule has 2 atom stereocenters. The second kappa shape index (κ2) is 4.30. The predicted octanol–water partition coefficient (Wildman–Crippen LogP) is 2.50. The molecule has 3 heteroatoms. The van der Waals surface area contributed by atoms with Gasteiger partial charge in [-0.1, -0.05) is 0 Å². The van der Waals surface area contributed by atoms with Crippen molar-refractivity contribution < 1.29 is 4.39 Å². The molecule has 1 aromatic rings. The van der Waals surface area contributed by atoms with Crippen molar-refractivity contribution in [3.8, 4) is 0 Å². The Morgan fingerprint density at radius 3 is 2.53 bits per heavy atom. The summed E-state index contributed by atoms with van der Waals surface area (Å²) in [4.78, 5) is 4.93. The van der Waals surface area contributed by atoms with Crippen LogP contribution in [0.3, 0.4) is 0 Å². The van der Waals surface area contributed by atoms with Crippen molar-refractivity contribution in [2.45, 2.75) is 31.3 Å². The van der Waals surface area contributed by atoms with E-state index in [9.17, 15) is 4.39 Å². The largest absolute Gasteiger partial charge is 0.370 e. The molecule has 2 bridgehead atoms. The Morgan fingerprint density at radius 2 is 1.76 bits per heavy atom. The maximum absolute atomic E-state index is 12.9. The molecule has 2 nitrogen and oxygen atoms in total. The fourth-order valence-electron chi connectivity index (χ4n) is 3.20. The quantitative estimate of drug-likeness (QED) is 0.736. The van der Waals surface area contributed by atoms with Gasteiger partial charge in [-0.3, -0.25) is 4.90 Å². The standard InChI is InChI=1S/C14H19FN2/c1-16-12-6-7-14(16)10-17(9-8-12)13-4-2-11(15)3-5-13/h2-5,12,14H,6-10H2,1H3. The molecule has 2 fully saturated rings. The minimum Gasteiger partial charge on any atom is -0.370 e. The number of halogens is 1. The number of likely N-dealkylation sites (N-methyl/N-ethyl adjacent to an activating group) is 1. The maximum Gasteiger partial charge on any atom is 0.123 e. The van der Waals surface area contributed by atoms with Gasteiger partial charge in [0.1, 0.15) is 5.82 Å². The Bertz CT molecular complexity index is 390. The van der Waals surface area contributed by atoms with Crippen LogP contribution in [0.15, 0.2) is 24.3 Å². The number of fused-ring (bicyclic) bond motifs is 2. The minimum absolute atomic E-state index is 0.151. The van der Waals surface area contributed by atoms with Gasteiger partial charge in [-0.25, -0.2) is 4.39 Å². The summed E-state index contributed by atoms with van der Waals surface area (Å²) in [5.41, 5.74) is 1.16. The second-order valence-electron chi connectivity index (χ2n) is 5.26. The number of rotatable bonds is 1. The van der Waals surface area contributed by atoms with E-state index in [1.807, 2.05) is 12.1 Å². The highest BCUT2D eigenvalue weighted by atomic mass is 19.1. The summed E-state index contributed by atoms with van der Waals surface area (Å²) in [5, 5.41) is 0. The molecule has 2 heterocycles. The zero-order valence-corrected chi connectivity index (χ0v) is 10.3. The summed E-state index contributed by atoms with van der Waals surface area (Å²) in [7, 11) is 2.25. The number of hydrogen-bond donors (Lipinski definition) is 0. The van der Waals surface area contributed by atoms with Crippen LogP contribution >= 0.6 is 0 Å². The average molecular weight is 234 g/mol. The van der Waals surface area contributed by atoms with E-state index in [-0.39, 0.29) is 5.82 Å². The van der Waals surface area contributed by atoms with E-state index < -0.39 is 0 Å². The van der Waals surface area contributed by atoms with E-state index in [2.05, 4.69) is 16.8 Å². The molecule has 2 aliphatic rings. The maximum atomic E-state index is 12.9. The van der Waals surface area contributed by atoms with Gasteiger partial charge in [0.2, 0.25) is 0 Å². The van der Waals surface area contributed by atoms with Crippen LogP contribution in [0.1, 0.15) is 19.3 Å². The fourth-order valence-corrected chi connectivity index (χ4v) is 3.20. The minimum atomic E-state index is -0.151. The summed E-state index contributed by atoms with van der Waals surface area (Å²) in [6.07, 6.45) is 3.88. The van der Waals surface area contributed by atoms with Gasteiger partial charge in [-0.15, -0.1) is 0 Å². The molecule has 2 unspecified atom stereocenters. The number of benzene rings is 1. The topological polar surface area (TPSA) is 6.48 Å². The van der Waals surface area contributed by atoms with Crippen LogP contribution < -0.4 is 4.90 Å². The lowest BCUT2D eigenvalue weighted by Gasteiger charge is -2.27. The van der Waals surface area contributed by atoms with Crippen LogP contribution in [0.4, 0.5) is 10.1 Å². The van der Waals surface area contributed by atoms with Gasteiger partial charge in [0.25, 0.3) is 0 Å². The highest BCUT2D eigenvalue weighted by Crippen LogP contribution is 2.30. The molecule has 0 spiro atoms. The van der Waals surface area contributed by atoms with Crippen molar-refractivity contribution in [1.82, 2.24) is 4.90 Å². The van der Waals surface area contributed by atoms with Crippen LogP contribution in [-0.2, 0) is 0 Å². The lowest BCUT2D eigenvalue weighted by atomic mass is 10.1. The number of anilines is 1. The normalized spacial score (nSPS) is 29.4. The van der Waals surface area contributed by atoms with Crippen molar-refractivity contribution in [2.24, 2.45) is 0 Å². The van der Waals surface area contributed by atoms with Crippen molar-refractivity contribution in [1.29, 1.82) is 0 Å². The zero-order valence-electron chi connectivity index (χ0n) is 10.3. The van der Waals surface area contributed by atoms with Gasteiger partial charge in [0.05, 0.1) is 0 Å². The van der Waals surface area contributed by atoms with E-state index in [1.165, 1.54) is 19.3 Å². The molecule has 0 amide bonds. The first-order valence-corrected chi connectivity index (χ1v) is 6.46. The first-order chi connectivity index (χ1) is 8.24. The molecule has 0 radical (unpaired) electrons. The lowest BCUT2D eigenvalue weighted by Crippen LogP contribution is -2.36. The zero-order chi connectivity index (χ0) is 11.8. The van der Waals surface area contributed by atoms with Crippen LogP contribution in [-0.4, -0.2) is 37.1 Å².